The number of phenols is 2. The van der Waals surface area contributed by atoms with Gasteiger partial charge in [0.25, 0.3) is 0 Å². The molecule has 0 amide bonds. The van der Waals surface area contributed by atoms with E-state index < -0.39 is 0 Å². The molecule has 1 fully saturated rings. The first-order chi connectivity index (χ1) is 18.7. The largest absolute Gasteiger partial charge is 0.507 e. The Morgan fingerprint density at radius 1 is 0.619 bits per heavy atom. The van der Waals surface area contributed by atoms with Gasteiger partial charge in [-0.3, -0.25) is 4.99 Å². The third kappa shape index (κ3) is 10.7. The van der Waals surface area contributed by atoms with Crippen molar-refractivity contribution in [1.29, 1.82) is 0 Å². The minimum atomic E-state index is -0.0846. The lowest BCUT2D eigenvalue weighted by molar-refractivity contribution is 0.440. The van der Waals surface area contributed by atoms with E-state index in [9.17, 15) is 10.2 Å². The maximum atomic E-state index is 10.8. The molecule has 42 heavy (non-hydrogen) atoms. The molecule has 2 aromatic rings. The van der Waals surface area contributed by atoms with Gasteiger partial charge >= 0.3 is 16.5 Å². The Balaban J connectivity index is 0.000000423. The summed E-state index contributed by atoms with van der Waals surface area (Å²) in [6.07, 6.45) is 9.96. The number of hydrogen-bond donors (Lipinski definition) is 2. The topological polar surface area (TPSA) is 65.2 Å². The molecule has 4 nitrogen and oxygen atoms in total. The lowest BCUT2D eigenvalue weighted by Crippen LogP contribution is -2.17. The van der Waals surface area contributed by atoms with Crippen LogP contribution in [-0.2, 0) is 21.7 Å². The van der Waals surface area contributed by atoms with Crippen molar-refractivity contribution < 1.29 is 10.2 Å². The van der Waals surface area contributed by atoms with Crippen molar-refractivity contribution in [3.63, 3.8) is 0 Å². The van der Waals surface area contributed by atoms with Gasteiger partial charge in [0.05, 0.1) is 0 Å². The second-order valence-electron chi connectivity index (χ2n) is 15.9. The van der Waals surface area contributed by atoms with Crippen LogP contribution >= 0.6 is 12.4 Å². The maximum Gasteiger partial charge on any atom is 0.390 e. The van der Waals surface area contributed by atoms with E-state index in [0.29, 0.717) is 17.5 Å². The van der Waals surface area contributed by atoms with Crippen molar-refractivity contribution in [2.45, 2.75) is 143 Å². The number of rotatable bonds is 3. The summed E-state index contributed by atoms with van der Waals surface area (Å²) in [7, 11) is 0. The average Bonchev–Trinajstić information content (AvgIpc) is 2.83. The zero-order valence-corrected chi connectivity index (χ0v) is 31.6. The predicted molar refractivity (Wildman–Crippen MR) is 189 cm³/mol. The molecule has 0 spiro atoms. The van der Waals surface area contributed by atoms with Gasteiger partial charge in [-0.15, -0.1) is 12.4 Å². The lowest BCUT2D eigenvalue weighted by Gasteiger charge is -2.27. The number of halogens is 1. The first-order valence-electron chi connectivity index (χ1n) is 15.4. The molecule has 1 aliphatic rings. The van der Waals surface area contributed by atoms with Gasteiger partial charge in [0.15, 0.2) is 0 Å². The SMILES string of the molecule is CC(C)(C)c1cc(C=NC2CCCCC2)c(O)c(C(C)(C)C)c1.CC(C)(C)c1cc(C=[N][AlH2])c(O)c(C(C)(C)C)c1.Cl. The molecule has 6 heteroatoms. The molecule has 0 aromatic heterocycles. The van der Waals surface area contributed by atoms with Crippen LogP contribution in [0.15, 0.2) is 33.2 Å². The van der Waals surface area contributed by atoms with E-state index in [-0.39, 0.29) is 34.1 Å². The van der Waals surface area contributed by atoms with Gasteiger partial charge in [0, 0.05) is 40.7 Å². The van der Waals surface area contributed by atoms with Crippen LogP contribution < -0.4 is 0 Å². The first-order valence-corrected chi connectivity index (χ1v) is 16.3. The molecule has 1 saturated carbocycles. The van der Waals surface area contributed by atoms with Crippen molar-refractivity contribution in [2.75, 3.05) is 0 Å². The third-order valence-electron chi connectivity index (χ3n) is 7.89. The highest BCUT2D eigenvalue weighted by Crippen LogP contribution is 2.38. The van der Waals surface area contributed by atoms with Crippen LogP contribution in [0.1, 0.15) is 149 Å². The minimum absolute atomic E-state index is 0. The third-order valence-corrected chi connectivity index (χ3v) is 8.15. The molecule has 2 aromatic carbocycles. The monoisotopic (exact) mass is 612 g/mol. The van der Waals surface area contributed by atoms with Crippen molar-refractivity contribution in [1.82, 2.24) is 0 Å². The quantitative estimate of drug-likeness (QED) is 0.268. The lowest BCUT2D eigenvalue weighted by atomic mass is 9.79. The Hall–Kier alpha value is -1.80. The average molecular weight is 613 g/mol. The molecule has 3 rings (SSSR count). The molecular weight excluding hydrogens is 555 g/mol. The smallest absolute Gasteiger partial charge is 0.390 e. The highest BCUT2D eigenvalue weighted by Gasteiger charge is 2.26. The molecule has 0 aliphatic heterocycles. The number of aliphatic imine (C=N–C) groups is 1. The van der Waals surface area contributed by atoms with Crippen LogP contribution in [0, 0.1) is 0 Å². The van der Waals surface area contributed by atoms with Crippen molar-refractivity contribution in [2.24, 2.45) is 8.97 Å². The molecule has 0 atom stereocenters. The molecule has 234 valence electrons. The summed E-state index contributed by atoms with van der Waals surface area (Å²) in [5.41, 5.74) is 6.17. The number of aromatic hydroxyl groups is 2. The zero-order chi connectivity index (χ0) is 31.4. The van der Waals surface area contributed by atoms with Crippen molar-refractivity contribution in [3.8, 4) is 11.5 Å². The van der Waals surface area contributed by atoms with Gasteiger partial charge in [0.2, 0.25) is 0 Å². The van der Waals surface area contributed by atoms with E-state index in [4.69, 9.17) is 4.99 Å². The first kappa shape index (κ1) is 38.2. The molecular formula is C36H58AlClN2O2. The summed E-state index contributed by atoms with van der Waals surface area (Å²) < 4.78 is 4.17. The van der Waals surface area contributed by atoms with E-state index in [1.807, 2.05) is 12.3 Å². The second kappa shape index (κ2) is 14.8. The van der Waals surface area contributed by atoms with Gasteiger partial charge in [-0.2, -0.15) is 0 Å². The predicted octanol–water partition coefficient (Wildman–Crippen LogP) is 9.11. The Morgan fingerprint density at radius 2 is 1.00 bits per heavy atom. The molecule has 0 radical (unpaired) electrons. The maximum absolute atomic E-state index is 10.8. The summed E-state index contributed by atoms with van der Waals surface area (Å²) in [6, 6.07) is 8.87. The molecule has 0 saturated heterocycles. The van der Waals surface area contributed by atoms with E-state index in [2.05, 4.69) is 105 Å². The van der Waals surface area contributed by atoms with Gasteiger partial charge in [0.1, 0.15) is 11.5 Å². The van der Waals surface area contributed by atoms with Crippen LogP contribution in [0.3, 0.4) is 0 Å². The Bertz CT molecular complexity index is 1230. The Morgan fingerprint density at radius 3 is 1.33 bits per heavy atom. The van der Waals surface area contributed by atoms with Gasteiger partial charge < -0.3 is 14.2 Å². The minimum Gasteiger partial charge on any atom is -0.507 e. The van der Waals surface area contributed by atoms with Gasteiger partial charge in [-0.25, -0.2) is 0 Å². The summed E-state index contributed by atoms with van der Waals surface area (Å²) >= 11 is 0.754. The van der Waals surface area contributed by atoms with E-state index in [1.54, 1.807) is 6.21 Å². The number of hydrogen-bond acceptors (Lipinski definition) is 4. The summed E-state index contributed by atoms with van der Waals surface area (Å²) in [5, 5.41) is 21.1. The van der Waals surface area contributed by atoms with E-state index in [1.165, 1.54) is 43.2 Å². The number of nitrogens with zero attached hydrogens (tertiary/aromatic N) is 2. The van der Waals surface area contributed by atoms with Crippen LogP contribution in [-0.4, -0.2) is 45.2 Å². The van der Waals surface area contributed by atoms with Crippen molar-refractivity contribution >= 4 is 41.3 Å². The van der Waals surface area contributed by atoms with Crippen LogP contribution in [0.2, 0.25) is 0 Å². The van der Waals surface area contributed by atoms with Gasteiger partial charge in [-0.05, 0) is 57.8 Å². The van der Waals surface area contributed by atoms with Crippen LogP contribution in [0.25, 0.3) is 0 Å². The van der Waals surface area contributed by atoms with Crippen molar-refractivity contribution in [3.05, 3.63) is 57.6 Å². The normalized spacial score (nSPS) is 15.4. The van der Waals surface area contributed by atoms with Gasteiger partial charge in [-0.1, -0.05) is 114 Å². The molecule has 0 heterocycles. The molecule has 0 unspecified atom stereocenters. The fraction of sp³-hybridized carbons (Fsp3) is 0.611. The molecule has 0 bridgehead atoms. The van der Waals surface area contributed by atoms with E-state index in [0.717, 1.165) is 38.8 Å². The Kier molecular flexibility index (Phi) is 13.5. The fourth-order valence-corrected chi connectivity index (χ4v) is 5.35. The summed E-state index contributed by atoms with van der Waals surface area (Å²) in [5.74, 6) is 0.764. The number of phenolic OH excluding ortho intramolecular Hbond substituents is 2. The van der Waals surface area contributed by atoms with Crippen LogP contribution in [0.5, 0.6) is 11.5 Å². The van der Waals surface area contributed by atoms with E-state index >= 15 is 0 Å². The zero-order valence-electron chi connectivity index (χ0n) is 28.8. The Labute approximate surface area is 271 Å². The molecule has 2 N–H and O–H groups in total. The summed E-state index contributed by atoms with van der Waals surface area (Å²) in [6.45, 7) is 26.0. The summed E-state index contributed by atoms with van der Waals surface area (Å²) in [4.78, 5) is 4.78. The highest BCUT2D eigenvalue weighted by molar-refractivity contribution is 6.11. The fourth-order valence-electron chi connectivity index (χ4n) is 5.08. The highest BCUT2D eigenvalue weighted by atomic mass is 35.5. The number of benzene rings is 2. The second-order valence-corrected chi connectivity index (χ2v) is 16.4. The van der Waals surface area contributed by atoms with Crippen LogP contribution in [0.4, 0.5) is 0 Å². The molecule has 1 aliphatic carbocycles. The standard InChI is InChI=1S/C21H33NO.C15H22NO.Al.ClH.2H/c1-20(2,3)16-12-15(14-22-17-10-8-7-9-11-17)19(23)18(13-16)21(4,5)6;1-14(2,3)11-7-10(9-16)13(17)12(8-11)15(4,5)6;;;;/h12-14,17,23H,7-11H2,1-6H3;7-9,17H,1-6H3;;1H;;/q;-1;+1;;;.